The van der Waals surface area contributed by atoms with Gasteiger partial charge in [0.15, 0.2) is 0 Å². The summed E-state index contributed by atoms with van der Waals surface area (Å²) in [5, 5.41) is 14.6. The number of carbonyl (C=O) groups is 2. The molecule has 0 aliphatic carbocycles. The lowest BCUT2D eigenvalue weighted by Crippen LogP contribution is -2.44. The molecular weight excluding hydrogens is 256 g/mol. The number of hydrogen-bond acceptors (Lipinski definition) is 2. The molecule has 0 saturated heterocycles. The van der Waals surface area contributed by atoms with Crippen molar-refractivity contribution < 1.29 is 14.7 Å². The number of benzene rings is 1. The van der Waals surface area contributed by atoms with Crippen molar-refractivity contribution in [3.63, 3.8) is 0 Å². The Kier molecular flexibility index (Phi) is 6.03. The van der Waals surface area contributed by atoms with E-state index in [-0.39, 0.29) is 18.6 Å². The summed E-state index contributed by atoms with van der Waals surface area (Å²) in [5.41, 5.74) is 0.678. The van der Waals surface area contributed by atoms with Crippen LogP contribution in [0, 0.1) is 5.92 Å². The highest BCUT2D eigenvalue weighted by molar-refractivity contribution is 5.79. The molecule has 5 heteroatoms. The first-order valence-corrected chi connectivity index (χ1v) is 6.74. The van der Waals surface area contributed by atoms with E-state index >= 15 is 0 Å². The molecule has 1 rings (SSSR count). The van der Waals surface area contributed by atoms with Crippen LogP contribution in [0.15, 0.2) is 30.3 Å². The van der Waals surface area contributed by atoms with Gasteiger partial charge in [0.25, 0.3) is 0 Å². The monoisotopic (exact) mass is 278 g/mol. The lowest BCUT2D eigenvalue weighted by molar-refractivity contribution is -0.138. The van der Waals surface area contributed by atoms with E-state index in [9.17, 15) is 14.7 Å². The van der Waals surface area contributed by atoms with Crippen LogP contribution in [0.25, 0.3) is 0 Å². The molecule has 0 aliphatic rings. The Morgan fingerprint density at radius 2 is 1.75 bits per heavy atom. The van der Waals surface area contributed by atoms with Crippen LogP contribution in [0.5, 0.6) is 0 Å². The summed E-state index contributed by atoms with van der Waals surface area (Å²) in [5.74, 6) is -1.37. The molecule has 0 aliphatic heterocycles. The number of rotatable bonds is 6. The largest absolute Gasteiger partial charge is 0.481 e. The summed E-state index contributed by atoms with van der Waals surface area (Å²) in [4.78, 5) is 23.0. The van der Waals surface area contributed by atoms with Gasteiger partial charge in [-0.25, -0.2) is 4.79 Å². The standard InChI is InChI=1S/C15H22N2O3/c1-10(2)11(3)17-15(20)16-9-13(14(18)19)12-7-5-4-6-8-12/h4-8,10-11,13H,9H2,1-3H3,(H,18,19)(H2,16,17,20). The lowest BCUT2D eigenvalue weighted by atomic mass is 9.99. The molecular formula is C15H22N2O3. The fourth-order valence-corrected chi connectivity index (χ4v) is 1.65. The molecule has 0 spiro atoms. The minimum atomic E-state index is -0.951. The van der Waals surface area contributed by atoms with Crippen molar-refractivity contribution in [3.8, 4) is 0 Å². The van der Waals surface area contributed by atoms with Gasteiger partial charge in [-0.05, 0) is 18.4 Å². The van der Waals surface area contributed by atoms with Gasteiger partial charge in [0.2, 0.25) is 0 Å². The second-order valence-electron chi connectivity index (χ2n) is 5.19. The highest BCUT2D eigenvalue weighted by Crippen LogP contribution is 2.14. The average Bonchev–Trinajstić information content (AvgIpc) is 2.39. The maximum Gasteiger partial charge on any atom is 0.315 e. The lowest BCUT2D eigenvalue weighted by Gasteiger charge is -2.19. The van der Waals surface area contributed by atoms with Crippen LogP contribution in [0.4, 0.5) is 4.79 Å². The van der Waals surface area contributed by atoms with Gasteiger partial charge in [0, 0.05) is 12.6 Å². The summed E-state index contributed by atoms with van der Waals surface area (Å²) >= 11 is 0. The van der Waals surface area contributed by atoms with Crippen molar-refractivity contribution in [1.82, 2.24) is 10.6 Å². The number of amides is 2. The van der Waals surface area contributed by atoms with Crippen LogP contribution in [0.3, 0.4) is 0 Å². The average molecular weight is 278 g/mol. The zero-order valence-corrected chi connectivity index (χ0v) is 12.1. The summed E-state index contributed by atoms with van der Waals surface area (Å²) in [6, 6.07) is 8.58. The molecule has 3 N–H and O–H groups in total. The topological polar surface area (TPSA) is 78.4 Å². The maximum atomic E-state index is 11.7. The molecule has 2 atom stereocenters. The molecule has 0 bridgehead atoms. The first-order chi connectivity index (χ1) is 9.41. The van der Waals surface area contributed by atoms with E-state index in [2.05, 4.69) is 10.6 Å². The number of carboxylic acid groups (broad SMARTS) is 1. The van der Waals surface area contributed by atoms with E-state index in [1.54, 1.807) is 24.3 Å². The molecule has 0 aromatic heterocycles. The van der Waals surface area contributed by atoms with Crippen molar-refractivity contribution in [1.29, 1.82) is 0 Å². The summed E-state index contributed by atoms with van der Waals surface area (Å²) in [6.45, 7) is 6.00. The van der Waals surface area contributed by atoms with Gasteiger partial charge in [-0.3, -0.25) is 4.79 Å². The van der Waals surface area contributed by atoms with Crippen molar-refractivity contribution in [2.75, 3.05) is 6.54 Å². The van der Waals surface area contributed by atoms with Gasteiger partial charge in [0.05, 0.1) is 5.92 Å². The van der Waals surface area contributed by atoms with Crippen molar-refractivity contribution >= 4 is 12.0 Å². The third-order valence-corrected chi connectivity index (χ3v) is 3.33. The molecule has 0 fully saturated rings. The Bertz CT molecular complexity index is 446. The van der Waals surface area contributed by atoms with Gasteiger partial charge < -0.3 is 15.7 Å². The van der Waals surface area contributed by atoms with E-state index < -0.39 is 11.9 Å². The quantitative estimate of drug-likeness (QED) is 0.746. The molecule has 2 amide bonds. The van der Waals surface area contributed by atoms with Crippen LogP contribution >= 0.6 is 0 Å². The predicted octanol–water partition coefficient (Wildman–Crippen LogP) is 2.20. The number of hydrogen-bond donors (Lipinski definition) is 3. The number of carbonyl (C=O) groups excluding carboxylic acids is 1. The summed E-state index contributed by atoms with van der Waals surface area (Å²) < 4.78 is 0. The zero-order valence-electron chi connectivity index (χ0n) is 12.1. The van der Waals surface area contributed by atoms with Gasteiger partial charge >= 0.3 is 12.0 Å². The fourth-order valence-electron chi connectivity index (χ4n) is 1.65. The van der Waals surface area contributed by atoms with E-state index in [0.717, 1.165) is 0 Å². The van der Waals surface area contributed by atoms with Gasteiger partial charge in [-0.2, -0.15) is 0 Å². The van der Waals surface area contributed by atoms with Crippen LogP contribution < -0.4 is 10.6 Å². The first kappa shape index (κ1) is 16.0. The molecule has 0 radical (unpaired) electrons. The van der Waals surface area contributed by atoms with Crippen molar-refractivity contribution in [3.05, 3.63) is 35.9 Å². The molecule has 1 aromatic rings. The summed E-state index contributed by atoms with van der Waals surface area (Å²) in [7, 11) is 0. The van der Waals surface area contributed by atoms with E-state index in [1.807, 2.05) is 26.8 Å². The van der Waals surface area contributed by atoms with Gasteiger partial charge in [-0.1, -0.05) is 44.2 Å². The molecule has 0 saturated carbocycles. The Morgan fingerprint density at radius 1 is 1.15 bits per heavy atom. The van der Waals surface area contributed by atoms with Crippen LogP contribution in [0.2, 0.25) is 0 Å². The number of nitrogens with one attached hydrogen (secondary N) is 2. The van der Waals surface area contributed by atoms with Gasteiger partial charge in [-0.15, -0.1) is 0 Å². The van der Waals surface area contributed by atoms with E-state index in [1.165, 1.54) is 0 Å². The predicted molar refractivity (Wildman–Crippen MR) is 77.7 cm³/mol. The third kappa shape index (κ3) is 4.91. The highest BCUT2D eigenvalue weighted by atomic mass is 16.4. The van der Waals surface area contributed by atoms with Crippen molar-refractivity contribution in [2.45, 2.75) is 32.7 Å². The molecule has 2 unspecified atom stereocenters. The second-order valence-corrected chi connectivity index (χ2v) is 5.19. The highest BCUT2D eigenvalue weighted by Gasteiger charge is 2.20. The van der Waals surface area contributed by atoms with Gasteiger partial charge in [0.1, 0.15) is 0 Å². The smallest absolute Gasteiger partial charge is 0.315 e. The molecule has 110 valence electrons. The SMILES string of the molecule is CC(C)C(C)NC(=O)NCC(C(=O)O)c1ccccc1. The number of urea groups is 1. The zero-order chi connectivity index (χ0) is 15.1. The molecule has 1 aromatic carbocycles. The Morgan fingerprint density at radius 3 is 2.25 bits per heavy atom. The minimum absolute atomic E-state index is 0.0370. The second kappa shape index (κ2) is 7.53. The number of carboxylic acids is 1. The number of aliphatic carboxylic acids is 1. The van der Waals surface area contributed by atoms with E-state index in [4.69, 9.17) is 0 Å². The van der Waals surface area contributed by atoms with Crippen molar-refractivity contribution in [2.24, 2.45) is 5.92 Å². The molecule has 5 nitrogen and oxygen atoms in total. The summed E-state index contributed by atoms with van der Waals surface area (Å²) in [6.07, 6.45) is 0. The Hall–Kier alpha value is -2.04. The first-order valence-electron chi connectivity index (χ1n) is 6.74. The van der Waals surface area contributed by atoms with Crippen LogP contribution in [0.1, 0.15) is 32.3 Å². The van der Waals surface area contributed by atoms with Crippen LogP contribution in [-0.2, 0) is 4.79 Å². The molecule has 0 heterocycles. The molecule has 20 heavy (non-hydrogen) atoms. The minimum Gasteiger partial charge on any atom is -0.481 e. The normalized spacial score (nSPS) is 13.6. The third-order valence-electron chi connectivity index (χ3n) is 3.33. The van der Waals surface area contributed by atoms with E-state index in [0.29, 0.717) is 11.5 Å². The Balaban J connectivity index is 2.57. The Labute approximate surface area is 119 Å². The fraction of sp³-hybridized carbons (Fsp3) is 0.467. The maximum absolute atomic E-state index is 11.7. The van der Waals surface area contributed by atoms with Crippen LogP contribution in [-0.4, -0.2) is 29.7 Å².